The standard InChI is InChI=1S/C13H22N2O2/c1-9(2)12(7-14)13(17)15-8-10-3-5-11(16)6-4-10/h9-12,16H,3-6,8H2,1-2H3,(H,15,17). The van der Waals surface area contributed by atoms with Crippen LogP contribution in [0.2, 0.25) is 0 Å². The molecule has 0 saturated heterocycles. The molecule has 0 bridgehead atoms. The SMILES string of the molecule is CC(C)C(C#N)C(=O)NCC1CCC(O)CC1. The summed E-state index contributed by atoms with van der Waals surface area (Å²) in [6, 6.07) is 2.04. The van der Waals surface area contributed by atoms with Gasteiger partial charge in [-0.1, -0.05) is 13.8 Å². The molecular formula is C13H22N2O2. The maximum Gasteiger partial charge on any atom is 0.237 e. The van der Waals surface area contributed by atoms with Crippen molar-refractivity contribution in [3.63, 3.8) is 0 Å². The molecule has 1 fully saturated rings. The largest absolute Gasteiger partial charge is 0.393 e. The van der Waals surface area contributed by atoms with Crippen LogP contribution >= 0.6 is 0 Å². The van der Waals surface area contributed by atoms with E-state index in [9.17, 15) is 9.90 Å². The van der Waals surface area contributed by atoms with Gasteiger partial charge in [0.2, 0.25) is 5.91 Å². The quantitative estimate of drug-likeness (QED) is 0.778. The predicted molar refractivity (Wildman–Crippen MR) is 64.9 cm³/mol. The third-order valence-electron chi connectivity index (χ3n) is 3.47. The number of carbonyl (C=O) groups is 1. The number of nitrogens with one attached hydrogen (secondary N) is 1. The van der Waals surface area contributed by atoms with Gasteiger partial charge in [0, 0.05) is 6.54 Å². The molecule has 1 unspecified atom stereocenters. The lowest BCUT2D eigenvalue weighted by molar-refractivity contribution is -0.124. The summed E-state index contributed by atoms with van der Waals surface area (Å²) in [5.41, 5.74) is 0. The van der Waals surface area contributed by atoms with Gasteiger partial charge >= 0.3 is 0 Å². The number of aliphatic hydroxyl groups is 1. The van der Waals surface area contributed by atoms with Crippen LogP contribution in [0.5, 0.6) is 0 Å². The third kappa shape index (κ3) is 4.35. The van der Waals surface area contributed by atoms with Gasteiger partial charge < -0.3 is 10.4 Å². The molecule has 1 rings (SSSR count). The summed E-state index contributed by atoms with van der Waals surface area (Å²) in [6.45, 7) is 4.39. The number of rotatable bonds is 4. The Morgan fingerprint density at radius 3 is 2.47 bits per heavy atom. The molecule has 1 atom stereocenters. The average Bonchev–Trinajstić information content (AvgIpc) is 2.28. The predicted octanol–water partition coefficient (Wildman–Crippen LogP) is 1.45. The molecule has 2 N–H and O–H groups in total. The molecule has 0 aromatic carbocycles. The van der Waals surface area contributed by atoms with E-state index < -0.39 is 5.92 Å². The number of hydrogen-bond acceptors (Lipinski definition) is 3. The van der Waals surface area contributed by atoms with Crippen LogP contribution in [-0.4, -0.2) is 23.7 Å². The minimum Gasteiger partial charge on any atom is -0.393 e. The summed E-state index contributed by atoms with van der Waals surface area (Å²) in [4.78, 5) is 11.7. The van der Waals surface area contributed by atoms with E-state index >= 15 is 0 Å². The van der Waals surface area contributed by atoms with Crippen molar-refractivity contribution in [2.75, 3.05) is 6.54 Å². The molecule has 1 aliphatic carbocycles. The number of amides is 1. The highest BCUT2D eigenvalue weighted by molar-refractivity contribution is 5.81. The van der Waals surface area contributed by atoms with Gasteiger partial charge in [0.15, 0.2) is 0 Å². The van der Waals surface area contributed by atoms with Crippen LogP contribution in [0.15, 0.2) is 0 Å². The van der Waals surface area contributed by atoms with E-state index in [0.717, 1.165) is 25.7 Å². The van der Waals surface area contributed by atoms with Crippen molar-refractivity contribution in [1.29, 1.82) is 5.26 Å². The van der Waals surface area contributed by atoms with Crippen LogP contribution in [0, 0.1) is 29.1 Å². The Kier molecular flexibility index (Phi) is 5.43. The molecular weight excluding hydrogens is 216 g/mol. The topological polar surface area (TPSA) is 73.1 Å². The average molecular weight is 238 g/mol. The number of hydrogen-bond donors (Lipinski definition) is 2. The van der Waals surface area contributed by atoms with E-state index in [1.165, 1.54) is 0 Å². The fourth-order valence-electron chi connectivity index (χ4n) is 2.21. The number of nitriles is 1. The van der Waals surface area contributed by atoms with Crippen molar-refractivity contribution in [2.24, 2.45) is 17.8 Å². The van der Waals surface area contributed by atoms with Crippen molar-refractivity contribution >= 4 is 5.91 Å². The fourth-order valence-corrected chi connectivity index (χ4v) is 2.21. The molecule has 0 heterocycles. The van der Waals surface area contributed by atoms with Crippen LogP contribution < -0.4 is 5.32 Å². The summed E-state index contributed by atoms with van der Waals surface area (Å²) >= 11 is 0. The molecule has 0 spiro atoms. The molecule has 1 amide bonds. The summed E-state index contributed by atoms with van der Waals surface area (Å²) in [5, 5.41) is 21.1. The Morgan fingerprint density at radius 1 is 1.41 bits per heavy atom. The monoisotopic (exact) mass is 238 g/mol. The van der Waals surface area contributed by atoms with E-state index in [4.69, 9.17) is 5.26 Å². The zero-order chi connectivity index (χ0) is 12.8. The summed E-state index contributed by atoms with van der Waals surface area (Å²) < 4.78 is 0. The number of nitrogens with zero attached hydrogens (tertiary/aromatic N) is 1. The van der Waals surface area contributed by atoms with Crippen LogP contribution in [0.3, 0.4) is 0 Å². The van der Waals surface area contributed by atoms with E-state index in [0.29, 0.717) is 12.5 Å². The van der Waals surface area contributed by atoms with Crippen molar-refractivity contribution < 1.29 is 9.90 Å². The van der Waals surface area contributed by atoms with E-state index in [1.54, 1.807) is 0 Å². The number of aliphatic hydroxyl groups excluding tert-OH is 1. The van der Waals surface area contributed by atoms with Crippen LogP contribution in [-0.2, 0) is 4.79 Å². The van der Waals surface area contributed by atoms with Gasteiger partial charge in [-0.15, -0.1) is 0 Å². The minimum atomic E-state index is -0.552. The Bertz CT molecular complexity index is 288. The first kappa shape index (κ1) is 14.0. The van der Waals surface area contributed by atoms with Gasteiger partial charge in [0.25, 0.3) is 0 Å². The lowest BCUT2D eigenvalue weighted by Gasteiger charge is -2.26. The second-order valence-electron chi connectivity index (χ2n) is 5.27. The maximum atomic E-state index is 11.7. The second kappa shape index (κ2) is 6.61. The second-order valence-corrected chi connectivity index (χ2v) is 5.27. The van der Waals surface area contributed by atoms with Crippen molar-refractivity contribution in [2.45, 2.75) is 45.6 Å². The number of carbonyl (C=O) groups excluding carboxylic acids is 1. The molecule has 96 valence electrons. The van der Waals surface area contributed by atoms with Gasteiger partial charge in [0.05, 0.1) is 12.2 Å². The smallest absolute Gasteiger partial charge is 0.237 e. The van der Waals surface area contributed by atoms with Gasteiger partial charge in [0.1, 0.15) is 5.92 Å². The Balaban J connectivity index is 2.31. The summed E-state index contributed by atoms with van der Waals surface area (Å²) in [6.07, 6.45) is 3.41. The van der Waals surface area contributed by atoms with E-state index in [-0.39, 0.29) is 17.9 Å². The van der Waals surface area contributed by atoms with Gasteiger partial charge in [-0.05, 0) is 37.5 Å². The molecule has 0 aromatic heterocycles. The zero-order valence-corrected chi connectivity index (χ0v) is 10.6. The highest BCUT2D eigenvalue weighted by atomic mass is 16.3. The normalized spacial score (nSPS) is 26.3. The molecule has 0 aromatic rings. The zero-order valence-electron chi connectivity index (χ0n) is 10.6. The van der Waals surface area contributed by atoms with Crippen LogP contribution in [0.4, 0.5) is 0 Å². The van der Waals surface area contributed by atoms with Gasteiger partial charge in [-0.3, -0.25) is 4.79 Å². The highest BCUT2D eigenvalue weighted by Crippen LogP contribution is 2.23. The molecule has 1 aliphatic rings. The minimum absolute atomic E-state index is 0.0492. The lowest BCUT2D eigenvalue weighted by Crippen LogP contribution is -2.37. The van der Waals surface area contributed by atoms with E-state index in [1.807, 2.05) is 19.9 Å². The molecule has 4 nitrogen and oxygen atoms in total. The molecule has 4 heteroatoms. The fraction of sp³-hybridized carbons (Fsp3) is 0.846. The van der Waals surface area contributed by atoms with Crippen molar-refractivity contribution in [3.8, 4) is 6.07 Å². The summed E-state index contributed by atoms with van der Waals surface area (Å²) in [7, 11) is 0. The first-order valence-corrected chi connectivity index (χ1v) is 6.40. The third-order valence-corrected chi connectivity index (χ3v) is 3.47. The van der Waals surface area contributed by atoms with Crippen molar-refractivity contribution in [3.05, 3.63) is 0 Å². The first-order chi connectivity index (χ1) is 8.04. The Labute approximate surface area is 103 Å². The van der Waals surface area contributed by atoms with Gasteiger partial charge in [-0.2, -0.15) is 5.26 Å². The lowest BCUT2D eigenvalue weighted by atomic mass is 9.87. The van der Waals surface area contributed by atoms with E-state index in [2.05, 4.69) is 5.32 Å². The van der Waals surface area contributed by atoms with Crippen LogP contribution in [0.1, 0.15) is 39.5 Å². The molecule has 0 radical (unpaired) electrons. The van der Waals surface area contributed by atoms with Crippen molar-refractivity contribution in [1.82, 2.24) is 5.32 Å². The summed E-state index contributed by atoms with van der Waals surface area (Å²) in [5.74, 6) is -0.208. The first-order valence-electron chi connectivity index (χ1n) is 6.40. The Morgan fingerprint density at radius 2 is 2.00 bits per heavy atom. The molecule has 0 aliphatic heterocycles. The van der Waals surface area contributed by atoms with Gasteiger partial charge in [-0.25, -0.2) is 0 Å². The maximum absolute atomic E-state index is 11.7. The highest BCUT2D eigenvalue weighted by Gasteiger charge is 2.24. The Hall–Kier alpha value is -1.08. The van der Waals surface area contributed by atoms with Crippen LogP contribution in [0.25, 0.3) is 0 Å². The molecule has 17 heavy (non-hydrogen) atoms. The molecule has 1 saturated carbocycles.